The van der Waals surface area contributed by atoms with Crippen LogP contribution in [0.4, 0.5) is 17.1 Å². The van der Waals surface area contributed by atoms with E-state index in [1.807, 2.05) is 29.6 Å². The lowest BCUT2D eigenvalue weighted by Gasteiger charge is -2.35. The molecule has 1 N–H and O–H groups in total. The fourth-order valence-corrected chi connectivity index (χ4v) is 4.23. The van der Waals surface area contributed by atoms with Crippen molar-refractivity contribution in [3.05, 3.63) is 40.6 Å². The lowest BCUT2D eigenvalue weighted by molar-refractivity contribution is -0.120. The predicted octanol–water partition coefficient (Wildman–Crippen LogP) is 4.88. The van der Waals surface area contributed by atoms with E-state index >= 15 is 0 Å². The Labute approximate surface area is 165 Å². The summed E-state index contributed by atoms with van der Waals surface area (Å²) in [5.41, 5.74) is 2.60. The Morgan fingerprint density at radius 3 is 2.44 bits per heavy atom. The summed E-state index contributed by atoms with van der Waals surface area (Å²) in [6.45, 7) is 8.94. The molecule has 1 aromatic heterocycles. The van der Waals surface area contributed by atoms with Crippen molar-refractivity contribution in [3.8, 4) is 0 Å². The molecule has 0 saturated carbocycles. The van der Waals surface area contributed by atoms with E-state index in [9.17, 15) is 9.59 Å². The molecule has 1 aliphatic rings. The maximum absolute atomic E-state index is 13.5. The van der Waals surface area contributed by atoms with Gasteiger partial charge in [0.15, 0.2) is 0 Å². The van der Waals surface area contributed by atoms with Crippen molar-refractivity contribution in [2.45, 2.75) is 52.6 Å². The third-order valence-electron chi connectivity index (χ3n) is 5.40. The minimum atomic E-state index is -0.172. The molecule has 0 bridgehead atoms. The lowest BCUT2D eigenvalue weighted by atomic mass is 10.1. The number of anilines is 3. The topological polar surface area (TPSA) is 52.7 Å². The minimum Gasteiger partial charge on any atom is -0.320 e. The standard InChI is InChI=1S/C21H27N3O2S/c1-5-14(3)23(15(4)6-2)11-20(25)24-18-10-8-7-9-17(18)22-21(26)16-12-27-13-19(16)24/h7-10,12-15H,5-6,11H2,1-4H3,(H,22,26). The number of thiophene rings is 1. The third kappa shape index (κ3) is 3.77. The molecule has 2 heterocycles. The average molecular weight is 386 g/mol. The average Bonchev–Trinajstić information content (AvgIpc) is 3.11. The molecule has 144 valence electrons. The molecular formula is C21H27N3O2S. The van der Waals surface area contributed by atoms with E-state index in [1.165, 1.54) is 11.3 Å². The quantitative estimate of drug-likeness (QED) is 0.771. The van der Waals surface area contributed by atoms with Gasteiger partial charge in [0.1, 0.15) is 0 Å². The number of amides is 2. The fourth-order valence-electron chi connectivity index (χ4n) is 3.44. The number of fused-ring (bicyclic) bond motifs is 2. The number of nitrogens with one attached hydrogen (secondary N) is 1. The molecule has 5 nitrogen and oxygen atoms in total. The van der Waals surface area contributed by atoms with Crippen molar-refractivity contribution < 1.29 is 9.59 Å². The first-order chi connectivity index (χ1) is 13.0. The molecule has 0 spiro atoms. The Balaban J connectivity index is 2.01. The highest BCUT2D eigenvalue weighted by Gasteiger charge is 2.32. The van der Waals surface area contributed by atoms with Crippen LogP contribution in [0.5, 0.6) is 0 Å². The largest absolute Gasteiger partial charge is 0.320 e. The SMILES string of the molecule is CCC(C)N(CC(=O)N1c2ccccc2NC(=O)c2cscc21)C(C)CC. The Morgan fingerprint density at radius 2 is 1.78 bits per heavy atom. The summed E-state index contributed by atoms with van der Waals surface area (Å²) < 4.78 is 0. The van der Waals surface area contributed by atoms with Crippen molar-refractivity contribution >= 4 is 40.2 Å². The van der Waals surface area contributed by atoms with Crippen LogP contribution in [0.1, 0.15) is 50.9 Å². The monoisotopic (exact) mass is 385 g/mol. The normalized spacial score (nSPS) is 15.6. The van der Waals surface area contributed by atoms with Crippen LogP contribution in [-0.2, 0) is 4.79 Å². The summed E-state index contributed by atoms with van der Waals surface area (Å²) in [7, 11) is 0. The van der Waals surface area contributed by atoms with E-state index in [1.54, 1.807) is 10.3 Å². The lowest BCUT2D eigenvalue weighted by Crippen LogP contribution is -2.46. The zero-order chi connectivity index (χ0) is 19.6. The predicted molar refractivity (Wildman–Crippen MR) is 112 cm³/mol. The van der Waals surface area contributed by atoms with Crippen LogP contribution in [0.25, 0.3) is 0 Å². The summed E-state index contributed by atoms with van der Waals surface area (Å²) in [5.74, 6) is -0.186. The van der Waals surface area contributed by atoms with Gasteiger partial charge in [-0.15, -0.1) is 11.3 Å². The second kappa shape index (κ2) is 8.23. The zero-order valence-corrected chi connectivity index (χ0v) is 17.2. The van der Waals surface area contributed by atoms with Crippen molar-refractivity contribution in [3.63, 3.8) is 0 Å². The highest BCUT2D eigenvalue weighted by molar-refractivity contribution is 7.08. The molecule has 3 rings (SSSR count). The van der Waals surface area contributed by atoms with Crippen LogP contribution < -0.4 is 10.2 Å². The van der Waals surface area contributed by atoms with Gasteiger partial charge in [-0.25, -0.2) is 0 Å². The van der Waals surface area contributed by atoms with Crippen LogP contribution in [0.2, 0.25) is 0 Å². The number of benzene rings is 1. The van der Waals surface area contributed by atoms with E-state index in [0.717, 1.165) is 18.5 Å². The number of hydrogen-bond acceptors (Lipinski definition) is 4. The second-order valence-electron chi connectivity index (χ2n) is 7.06. The van der Waals surface area contributed by atoms with Crippen molar-refractivity contribution in [2.75, 3.05) is 16.8 Å². The summed E-state index contributed by atoms with van der Waals surface area (Å²) in [4.78, 5) is 30.0. The number of rotatable bonds is 6. The zero-order valence-electron chi connectivity index (χ0n) is 16.4. The van der Waals surface area contributed by atoms with Gasteiger partial charge in [-0.05, 0) is 38.8 Å². The summed E-state index contributed by atoms with van der Waals surface area (Å²) in [6, 6.07) is 8.11. The van der Waals surface area contributed by atoms with Crippen molar-refractivity contribution in [1.29, 1.82) is 0 Å². The smallest absolute Gasteiger partial charge is 0.258 e. The maximum Gasteiger partial charge on any atom is 0.258 e. The first-order valence-electron chi connectivity index (χ1n) is 9.53. The molecule has 0 fully saturated rings. The Kier molecular flexibility index (Phi) is 5.97. The first-order valence-corrected chi connectivity index (χ1v) is 10.5. The number of nitrogens with zero attached hydrogens (tertiary/aromatic N) is 2. The summed E-state index contributed by atoms with van der Waals surface area (Å²) >= 11 is 1.44. The number of carbonyl (C=O) groups excluding carboxylic acids is 2. The highest BCUT2D eigenvalue weighted by atomic mass is 32.1. The van der Waals surface area contributed by atoms with E-state index < -0.39 is 0 Å². The van der Waals surface area contributed by atoms with Crippen LogP contribution in [-0.4, -0.2) is 35.3 Å². The molecule has 2 atom stereocenters. The van der Waals surface area contributed by atoms with E-state index in [0.29, 0.717) is 35.6 Å². The Morgan fingerprint density at radius 1 is 1.11 bits per heavy atom. The summed E-state index contributed by atoms with van der Waals surface area (Å²) in [5, 5.41) is 6.62. The van der Waals surface area contributed by atoms with E-state index in [2.05, 4.69) is 37.9 Å². The van der Waals surface area contributed by atoms with Gasteiger partial charge in [0.25, 0.3) is 5.91 Å². The Hall–Kier alpha value is -2.18. The number of para-hydroxylation sites is 2. The number of hydrogen-bond donors (Lipinski definition) is 1. The molecule has 2 amide bonds. The molecule has 2 aromatic rings. The number of carbonyl (C=O) groups is 2. The van der Waals surface area contributed by atoms with Gasteiger partial charge in [-0.2, -0.15) is 0 Å². The van der Waals surface area contributed by atoms with Crippen molar-refractivity contribution in [2.24, 2.45) is 0 Å². The van der Waals surface area contributed by atoms with Crippen molar-refractivity contribution in [1.82, 2.24) is 4.90 Å². The second-order valence-corrected chi connectivity index (χ2v) is 7.80. The highest BCUT2D eigenvalue weighted by Crippen LogP contribution is 2.39. The van der Waals surface area contributed by atoms with E-state index in [-0.39, 0.29) is 11.8 Å². The Bertz CT molecular complexity index is 822. The molecule has 1 aliphatic heterocycles. The first kappa shape index (κ1) is 19.6. The van der Waals surface area contributed by atoms with Gasteiger partial charge in [0.2, 0.25) is 5.91 Å². The van der Waals surface area contributed by atoms with Crippen LogP contribution >= 0.6 is 11.3 Å². The van der Waals surface area contributed by atoms with Gasteiger partial charge in [-0.1, -0.05) is 26.0 Å². The third-order valence-corrected chi connectivity index (χ3v) is 6.13. The molecule has 0 radical (unpaired) electrons. The molecular weight excluding hydrogens is 358 g/mol. The van der Waals surface area contributed by atoms with E-state index in [4.69, 9.17) is 0 Å². The molecule has 6 heteroatoms. The maximum atomic E-state index is 13.5. The van der Waals surface area contributed by atoms with Crippen LogP contribution in [0, 0.1) is 0 Å². The molecule has 27 heavy (non-hydrogen) atoms. The molecule has 2 unspecified atom stereocenters. The molecule has 0 aliphatic carbocycles. The molecule has 1 aromatic carbocycles. The van der Waals surface area contributed by atoms with Gasteiger partial charge in [-0.3, -0.25) is 19.4 Å². The van der Waals surface area contributed by atoms with Crippen LogP contribution in [0.3, 0.4) is 0 Å². The van der Waals surface area contributed by atoms with Gasteiger partial charge >= 0.3 is 0 Å². The molecule has 0 saturated heterocycles. The van der Waals surface area contributed by atoms with Gasteiger partial charge < -0.3 is 5.32 Å². The van der Waals surface area contributed by atoms with Gasteiger partial charge in [0.05, 0.1) is 29.2 Å². The summed E-state index contributed by atoms with van der Waals surface area (Å²) in [6.07, 6.45) is 1.97. The fraction of sp³-hybridized carbons (Fsp3) is 0.429. The van der Waals surface area contributed by atoms with Crippen LogP contribution in [0.15, 0.2) is 35.0 Å². The minimum absolute atomic E-state index is 0.0146. The van der Waals surface area contributed by atoms with Gasteiger partial charge in [0, 0.05) is 22.8 Å².